The number of nitro groups is 1. The summed E-state index contributed by atoms with van der Waals surface area (Å²) in [5.41, 5.74) is 0.940. The standard InChI is InChI=1S/C22H29N3O2S/c1-5-8-16(4)24-17(13-15(2)3)14-28-22(24)23-20-11-12-21(25(26)27)19-10-7-6-9-18(19)20/h6-7,9-12,15-17H,5,8,13-14H2,1-4H3. The van der Waals surface area contributed by atoms with E-state index in [9.17, 15) is 10.1 Å². The fourth-order valence-corrected chi connectivity index (χ4v) is 5.31. The third kappa shape index (κ3) is 4.32. The Bertz CT molecular complexity index is 881. The fraction of sp³-hybridized carbons (Fsp3) is 0.500. The van der Waals surface area contributed by atoms with Crippen LogP contribution < -0.4 is 0 Å². The van der Waals surface area contributed by atoms with Crippen molar-refractivity contribution >= 4 is 39.1 Å². The van der Waals surface area contributed by atoms with Gasteiger partial charge < -0.3 is 4.90 Å². The first-order valence-electron chi connectivity index (χ1n) is 10.1. The van der Waals surface area contributed by atoms with Gasteiger partial charge in [-0.15, -0.1) is 0 Å². The molecule has 1 saturated heterocycles. The smallest absolute Gasteiger partial charge is 0.277 e. The lowest BCUT2D eigenvalue weighted by Crippen LogP contribution is -2.41. The third-order valence-corrected chi connectivity index (χ3v) is 6.35. The molecule has 2 unspecified atom stereocenters. The summed E-state index contributed by atoms with van der Waals surface area (Å²) >= 11 is 1.81. The number of benzene rings is 2. The average molecular weight is 400 g/mol. The van der Waals surface area contributed by atoms with Crippen LogP contribution in [-0.2, 0) is 0 Å². The first-order chi connectivity index (χ1) is 13.4. The van der Waals surface area contributed by atoms with Crippen LogP contribution in [-0.4, -0.2) is 32.8 Å². The second kappa shape index (κ2) is 8.95. The largest absolute Gasteiger partial charge is 0.345 e. The maximum atomic E-state index is 11.4. The normalized spacial score (nSPS) is 19.7. The van der Waals surface area contributed by atoms with Gasteiger partial charge in [0, 0.05) is 29.3 Å². The highest BCUT2D eigenvalue weighted by Crippen LogP contribution is 2.37. The third-order valence-electron chi connectivity index (χ3n) is 5.23. The summed E-state index contributed by atoms with van der Waals surface area (Å²) in [4.78, 5) is 18.6. The summed E-state index contributed by atoms with van der Waals surface area (Å²) in [6.07, 6.45) is 3.43. The van der Waals surface area contributed by atoms with E-state index >= 15 is 0 Å². The van der Waals surface area contributed by atoms with Gasteiger partial charge in [-0.25, -0.2) is 4.99 Å². The van der Waals surface area contributed by atoms with Crippen LogP contribution in [0.5, 0.6) is 0 Å². The number of non-ortho nitro benzene ring substituents is 1. The Morgan fingerprint density at radius 2 is 1.93 bits per heavy atom. The van der Waals surface area contributed by atoms with Gasteiger partial charge in [-0.3, -0.25) is 10.1 Å². The molecule has 2 aromatic rings. The van der Waals surface area contributed by atoms with Crippen molar-refractivity contribution < 1.29 is 4.92 Å². The number of hydrogen-bond acceptors (Lipinski definition) is 4. The minimum absolute atomic E-state index is 0.132. The summed E-state index contributed by atoms with van der Waals surface area (Å²) in [6, 6.07) is 11.8. The van der Waals surface area contributed by atoms with Crippen LogP contribution in [0.25, 0.3) is 10.8 Å². The number of nitro benzene ring substituents is 1. The molecule has 0 aliphatic carbocycles. The number of nitrogens with zero attached hydrogens (tertiary/aromatic N) is 3. The molecule has 0 spiro atoms. The molecule has 1 aliphatic heterocycles. The van der Waals surface area contributed by atoms with Crippen LogP contribution in [0.2, 0.25) is 0 Å². The fourth-order valence-electron chi connectivity index (χ4n) is 4.03. The monoisotopic (exact) mass is 399 g/mol. The van der Waals surface area contributed by atoms with Crippen molar-refractivity contribution in [3.63, 3.8) is 0 Å². The van der Waals surface area contributed by atoms with Gasteiger partial charge in [0.25, 0.3) is 5.69 Å². The molecule has 2 atom stereocenters. The van der Waals surface area contributed by atoms with Gasteiger partial charge in [-0.1, -0.05) is 57.2 Å². The van der Waals surface area contributed by atoms with Crippen molar-refractivity contribution in [2.45, 2.75) is 59.0 Å². The molecule has 0 radical (unpaired) electrons. The van der Waals surface area contributed by atoms with E-state index in [0.29, 0.717) is 23.4 Å². The van der Waals surface area contributed by atoms with Crippen molar-refractivity contribution in [2.75, 3.05) is 5.75 Å². The molecule has 1 fully saturated rings. The molecule has 28 heavy (non-hydrogen) atoms. The lowest BCUT2D eigenvalue weighted by molar-refractivity contribution is -0.383. The molecule has 0 bridgehead atoms. The first-order valence-corrected chi connectivity index (χ1v) is 11.1. The van der Waals surface area contributed by atoms with Gasteiger partial charge in [0.05, 0.1) is 16.0 Å². The van der Waals surface area contributed by atoms with Gasteiger partial charge in [0.2, 0.25) is 0 Å². The van der Waals surface area contributed by atoms with Crippen molar-refractivity contribution in [2.24, 2.45) is 10.9 Å². The maximum Gasteiger partial charge on any atom is 0.277 e. The van der Waals surface area contributed by atoms with Crippen LogP contribution in [0.1, 0.15) is 47.0 Å². The quantitative estimate of drug-likeness (QED) is 0.400. The zero-order valence-electron chi connectivity index (χ0n) is 17.1. The van der Waals surface area contributed by atoms with Gasteiger partial charge >= 0.3 is 0 Å². The minimum Gasteiger partial charge on any atom is -0.345 e. The molecular weight excluding hydrogens is 370 g/mol. The van der Waals surface area contributed by atoms with Gasteiger partial charge in [0.15, 0.2) is 5.17 Å². The Morgan fingerprint density at radius 1 is 1.21 bits per heavy atom. The molecular formula is C22H29N3O2S. The number of fused-ring (bicyclic) bond motifs is 1. The lowest BCUT2D eigenvalue weighted by atomic mass is 10.0. The zero-order chi connectivity index (χ0) is 20.3. The Labute approximate surface area is 171 Å². The highest BCUT2D eigenvalue weighted by atomic mass is 32.2. The van der Waals surface area contributed by atoms with Crippen LogP contribution in [0, 0.1) is 16.0 Å². The Kier molecular flexibility index (Phi) is 6.60. The topological polar surface area (TPSA) is 58.7 Å². The number of rotatable bonds is 7. The van der Waals surface area contributed by atoms with Gasteiger partial charge in [0.1, 0.15) is 0 Å². The van der Waals surface area contributed by atoms with E-state index in [1.807, 2.05) is 30.0 Å². The van der Waals surface area contributed by atoms with Crippen LogP contribution in [0.15, 0.2) is 41.4 Å². The molecule has 0 aromatic heterocycles. The second-order valence-corrected chi connectivity index (χ2v) is 8.93. The predicted molar refractivity (Wildman–Crippen MR) is 120 cm³/mol. The number of hydrogen-bond donors (Lipinski definition) is 0. The summed E-state index contributed by atoms with van der Waals surface area (Å²) < 4.78 is 0. The lowest BCUT2D eigenvalue weighted by Gasteiger charge is -2.33. The van der Waals surface area contributed by atoms with Crippen molar-refractivity contribution in [3.05, 3.63) is 46.5 Å². The summed E-state index contributed by atoms with van der Waals surface area (Å²) in [5.74, 6) is 1.69. The van der Waals surface area contributed by atoms with Gasteiger partial charge in [-0.2, -0.15) is 0 Å². The average Bonchev–Trinajstić information content (AvgIpc) is 3.03. The number of amidine groups is 1. The molecule has 5 nitrogen and oxygen atoms in total. The summed E-state index contributed by atoms with van der Waals surface area (Å²) in [7, 11) is 0. The molecule has 1 heterocycles. The molecule has 2 aromatic carbocycles. The first kappa shape index (κ1) is 20.6. The Hall–Kier alpha value is -2.08. The van der Waals surface area contributed by atoms with E-state index in [-0.39, 0.29) is 10.6 Å². The molecule has 6 heteroatoms. The second-order valence-electron chi connectivity index (χ2n) is 7.94. The predicted octanol–water partition coefficient (Wildman–Crippen LogP) is 6.39. The van der Waals surface area contributed by atoms with E-state index in [4.69, 9.17) is 4.99 Å². The Balaban J connectivity index is 2.04. The van der Waals surface area contributed by atoms with E-state index in [1.165, 1.54) is 0 Å². The highest BCUT2D eigenvalue weighted by Gasteiger charge is 2.33. The van der Waals surface area contributed by atoms with Gasteiger partial charge in [-0.05, 0) is 37.8 Å². The molecule has 1 aliphatic rings. The summed E-state index contributed by atoms with van der Waals surface area (Å²) in [5, 5.41) is 13.9. The van der Waals surface area contributed by atoms with Crippen LogP contribution >= 0.6 is 11.8 Å². The van der Waals surface area contributed by atoms with E-state index in [0.717, 1.165) is 41.3 Å². The maximum absolute atomic E-state index is 11.4. The molecule has 150 valence electrons. The molecule has 0 saturated carbocycles. The number of thioether (sulfide) groups is 1. The minimum atomic E-state index is -0.322. The molecule has 3 rings (SSSR count). The van der Waals surface area contributed by atoms with Crippen LogP contribution in [0.4, 0.5) is 11.4 Å². The molecule has 0 N–H and O–H groups in total. The Morgan fingerprint density at radius 3 is 2.57 bits per heavy atom. The van der Waals surface area contributed by atoms with Crippen LogP contribution in [0.3, 0.4) is 0 Å². The summed E-state index contributed by atoms with van der Waals surface area (Å²) in [6.45, 7) is 9.04. The zero-order valence-corrected chi connectivity index (χ0v) is 17.9. The SMILES string of the molecule is CCCC(C)N1C(=Nc2ccc([N+](=O)[O-])c3ccccc23)SCC1CC(C)C. The van der Waals surface area contributed by atoms with E-state index < -0.39 is 0 Å². The molecule has 0 amide bonds. The van der Waals surface area contributed by atoms with Crippen molar-refractivity contribution in [1.82, 2.24) is 4.90 Å². The van der Waals surface area contributed by atoms with E-state index in [1.54, 1.807) is 18.2 Å². The van der Waals surface area contributed by atoms with E-state index in [2.05, 4.69) is 32.6 Å². The number of aliphatic imine (C=N–C) groups is 1. The van der Waals surface area contributed by atoms with Crippen molar-refractivity contribution in [3.8, 4) is 0 Å². The highest BCUT2D eigenvalue weighted by molar-refractivity contribution is 8.14. The van der Waals surface area contributed by atoms with Crippen molar-refractivity contribution in [1.29, 1.82) is 0 Å².